The van der Waals surface area contributed by atoms with Gasteiger partial charge in [0, 0.05) is 5.56 Å². The average molecular weight is 317 g/mol. The van der Waals surface area contributed by atoms with Crippen molar-refractivity contribution in [1.82, 2.24) is 0 Å². The van der Waals surface area contributed by atoms with Crippen molar-refractivity contribution in [3.63, 3.8) is 0 Å². The molecule has 3 nitrogen and oxygen atoms in total. The molecule has 98 valence electrons. The molecule has 0 radical (unpaired) electrons. The molecule has 1 aliphatic rings. The van der Waals surface area contributed by atoms with E-state index in [2.05, 4.69) is 15.9 Å². The highest BCUT2D eigenvalue weighted by molar-refractivity contribution is 9.10. The Morgan fingerprint density at radius 1 is 1.44 bits per heavy atom. The van der Waals surface area contributed by atoms with Gasteiger partial charge in [-0.2, -0.15) is 0 Å². The van der Waals surface area contributed by atoms with E-state index in [9.17, 15) is 14.3 Å². The van der Waals surface area contributed by atoms with Crippen LogP contribution in [0.5, 0.6) is 5.75 Å². The van der Waals surface area contributed by atoms with Crippen LogP contribution in [-0.2, 0) is 10.2 Å². The molecule has 0 heterocycles. The summed E-state index contributed by atoms with van der Waals surface area (Å²) >= 11 is 3.12. The second-order valence-corrected chi connectivity index (χ2v) is 5.33. The van der Waals surface area contributed by atoms with Gasteiger partial charge in [-0.25, -0.2) is 4.39 Å². The van der Waals surface area contributed by atoms with Gasteiger partial charge in [0.1, 0.15) is 11.6 Å². The van der Waals surface area contributed by atoms with Crippen molar-refractivity contribution in [2.45, 2.75) is 31.1 Å². The summed E-state index contributed by atoms with van der Waals surface area (Å²) in [6.07, 6.45) is 2.86. The first-order chi connectivity index (χ1) is 8.53. The maximum absolute atomic E-state index is 13.5. The van der Waals surface area contributed by atoms with Crippen LogP contribution in [0, 0.1) is 5.82 Å². The maximum atomic E-state index is 13.5. The minimum Gasteiger partial charge on any atom is -0.495 e. The lowest BCUT2D eigenvalue weighted by molar-refractivity contribution is -0.143. The summed E-state index contributed by atoms with van der Waals surface area (Å²) in [6.45, 7) is 0. The third-order valence-electron chi connectivity index (χ3n) is 3.64. The molecule has 0 aromatic heterocycles. The topological polar surface area (TPSA) is 46.5 Å². The quantitative estimate of drug-likeness (QED) is 0.928. The molecular formula is C13H14BrFO3. The van der Waals surface area contributed by atoms with Crippen LogP contribution in [-0.4, -0.2) is 18.2 Å². The Hall–Kier alpha value is -1.10. The third-order valence-corrected chi connectivity index (χ3v) is 4.38. The lowest BCUT2D eigenvalue weighted by Gasteiger charge is -2.26. The Morgan fingerprint density at radius 2 is 2.06 bits per heavy atom. The van der Waals surface area contributed by atoms with Gasteiger partial charge >= 0.3 is 5.97 Å². The van der Waals surface area contributed by atoms with Crippen LogP contribution in [0.4, 0.5) is 4.39 Å². The molecule has 0 amide bonds. The Kier molecular flexibility index (Phi) is 3.61. The molecule has 1 N–H and O–H groups in total. The van der Waals surface area contributed by atoms with E-state index >= 15 is 0 Å². The molecule has 1 aromatic rings. The van der Waals surface area contributed by atoms with Gasteiger partial charge in [-0.15, -0.1) is 0 Å². The highest BCUT2D eigenvalue weighted by Crippen LogP contribution is 2.47. The zero-order valence-electron chi connectivity index (χ0n) is 10.0. The fourth-order valence-corrected chi connectivity index (χ4v) is 3.19. The van der Waals surface area contributed by atoms with E-state index in [1.54, 1.807) is 0 Å². The summed E-state index contributed by atoms with van der Waals surface area (Å²) in [5, 5.41) is 9.53. The molecule has 1 aromatic carbocycles. The second-order valence-electron chi connectivity index (χ2n) is 4.54. The zero-order valence-corrected chi connectivity index (χ0v) is 11.6. The minimum atomic E-state index is -0.943. The lowest BCUT2D eigenvalue weighted by Crippen LogP contribution is -2.33. The molecular weight excluding hydrogens is 303 g/mol. The van der Waals surface area contributed by atoms with Crippen LogP contribution in [0.15, 0.2) is 16.6 Å². The number of benzene rings is 1. The molecule has 0 unspecified atom stereocenters. The summed E-state index contributed by atoms with van der Waals surface area (Å²) in [5.41, 5.74) is -0.384. The Morgan fingerprint density at radius 3 is 2.56 bits per heavy atom. The third kappa shape index (κ3) is 1.90. The van der Waals surface area contributed by atoms with Crippen LogP contribution in [0.1, 0.15) is 31.2 Å². The van der Waals surface area contributed by atoms with Crippen LogP contribution in [0.3, 0.4) is 0 Å². The van der Waals surface area contributed by atoms with Crippen molar-refractivity contribution in [1.29, 1.82) is 0 Å². The molecule has 2 rings (SSSR count). The number of hydrogen-bond acceptors (Lipinski definition) is 2. The van der Waals surface area contributed by atoms with Crippen molar-refractivity contribution in [3.8, 4) is 5.75 Å². The first kappa shape index (κ1) is 13.3. The van der Waals surface area contributed by atoms with Gasteiger partial charge in [-0.3, -0.25) is 4.79 Å². The summed E-state index contributed by atoms with van der Waals surface area (Å²) in [5.74, 6) is -1.02. The molecule has 1 fully saturated rings. The maximum Gasteiger partial charge on any atom is 0.314 e. The second kappa shape index (κ2) is 4.88. The van der Waals surface area contributed by atoms with Crippen molar-refractivity contribution >= 4 is 21.9 Å². The average Bonchev–Trinajstić information content (AvgIpc) is 2.82. The van der Waals surface area contributed by atoms with E-state index in [0.29, 0.717) is 24.2 Å². The number of methoxy groups -OCH3 is 1. The van der Waals surface area contributed by atoms with Crippen LogP contribution < -0.4 is 4.74 Å². The predicted octanol–water partition coefficient (Wildman–Crippen LogP) is 3.49. The number of carboxylic acid groups (broad SMARTS) is 1. The summed E-state index contributed by atoms with van der Waals surface area (Å²) < 4.78 is 18.9. The fourth-order valence-electron chi connectivity index (χ4n) is 2.69. The van der Waals surface area contributed by atoms with Gasteiger partial charge in [-0.1, -0.05) is 18.9 Å². The normalized spacial score (nSPS) is 17.7. The van der Waals surface area contributed by atoms with Gasteiger partial charge in [0.05, 0.1) is 17.0 Å². The highest BCUT2D eigenvalue weighted by atomic mass is 79.9. The smallest absolute Gasteiger partial charge is 0.314 e. The van der Waals surface area contributed by atoms with E-state index in [4.69, 9.17) is 4.74 Å². The van der Waals surface area contributed by atoms with Crippen molar-refractivity contribution in [2.24, 2.45) is 0 Å². The fraction of sp³-hybridized carbons (Fsp3) is 0.462. The van der Waals surface area contributed by atoms with Gasteiger partial charge < -0.3 is 9.84 Å². The van der Waals surface area contributed by atoms with Crippen molar-refractivity contribution in [3.05, 3.63) is 28.0 Å². The number of ether oxygens (including phenoxy) is 1. The molecule has 1 saturated carbocycles. The molecule has 0 aliphatic heterocycles. The van der Waals surface area contributed by atoms with E-state index in [1.807, 2.05) is 0 Å². The van der Waals surface area contributed by atoms with Crippen molar-refractivity contribution < 1.29 is 19.0 Å². The number of carboxylic acids is 1. The largest absolute Gasteiger partial charge is 0.495 e. The molecule has 5 heteroatoms. The zero-order chi connectivity index (χ0) is 13.3. The van der Waals surface area contributed by atoms with Gasteiger partial charge in [-0.05, 0) is 34.8 Å². The summed E-state index contributed by atoms with van der Waals surface area (Å²) in [7, 11) is 1.42. The molecule has 0 atom stereocenters. The highest BCUT2D eigenvalue weighted by Gasteiger charge is 2.45. The van der Waals surface area contributed by atoms with Gasteiger partial charge in [0.2, 0.25) is 0 Å². The molecule has 0 bridgehead atoms. The molecule has 1 aliphatic carbocycles. The summed E-state index contributed by atoms with van der Waals surface area (Å²) in [6, 6.07) is 2.81. The standard InChI is InChI=1S/C13H14BrFO3/c1-18-11-8(4-5-9(15)10(11)14)13(12(16)17)6-2-3-7-13/h4-5H,2-3,6-7H2,1H3,(H,16,17). The Balaban J connectivity index is 2.62. The van der Waals surface area contributed by atoms with Crippen LogP contribution in [0.25, 0.3) is 0 Å². The Labute approximate surface area is 113 Å². The number of hydrogen-bond donors (Lipinski definition) is 1. The predicted molar refractivity (Wildman–Crippen MR) is 68.4 cm³/mol. The number of halogens is 2. The summed E-state index contributed by atoms with van der Waals surface area (Å²) in [4.78, 5) is 11.6. The lowest BCUT2D eigenvalue weighted by atomic mass is 9.78. The van der Waals surface area contributed by atoms with E-state index in [1.165, 1.54) is 19.2 Å². The van der Waals surface area contributed by atoms with Crippen LogP contribution in [0.2, 0.25) is 0 Å². The first-order valence-electron chi connectivity index (χ1n) is 5.79. The minimum absolute atomic E-state index is 0.190. The molecule has 0 saturated heterocycles. The molecule has 0 spiro atoms. The van der Waals surface area contributed by atoms with Crippen LogP contribution >= 0.6 is 15.9 Å². The van der Waals surface area contributed by atoms with Gasteiger partial charge in [0.15, 0.2) is 0 Å². The van der Waals surface area contributed by atoms with E-state index in [-0.39, 0.29) is 4.47 Å². The number of rotatable bonds is 3. The monoisotopic (exact) mass is 316 g/mol. The first-order valence-corrected chi connectivity index (χ1v) is 6.58. The van der Waals surface area contributed by atoms with Crippen molar-refractivity contribution in [2.75, 3.05) is 7.11 Å². The van der Waals surface area contributed by atoms with E-state index in [0.717, 1.165) is 12.8 Å². The van der Waals surface area contributed by atoms with Gasteiger partial charge in [0.25, 0.3) is 0 Å². The van der Waals surface area contributed by atoms with E-state index < -0.39 is 17.2 Å². The number of carbonyl (C=O) groups is 1. The molecule has 18 heavy (non-hydrogen) atoms. The Bertz CT molecular complexity index is 481. The SMILES string of the molecule is COc1c(C2(C(=O)O)CCCC2)ccc(F)c1Br. The number of aliphatic carboxylic acids is 1.